The van der Waals surface area contributed by atoms with Crippen LogP contribution in [-0.2, 0) is 39.7 Å². The molecule has 1 aliphatic carbocycles. The monoisotopic (exact) mass is 712 g/mol. The Morgan fingerprint density at radius 3 is 2.40 bits per heavy atom. The molecule has 0 aromatic heterocycles. The van der Waals surface area contributed by atoms with Gasteiger partial charge in [-0.2, -0.15) is 4.31 Å². The molecule has 2 heterocycles. The summed E-state index contributed by atoms with van der Waals surface area (Å²) in [6.45, 7) is 5.66. The van der Waals surface area contributed by atoms with Crippen LogP contribution in [0.1, 0.15) is 39.2 Å². The normalized spacial score (nSPS) is 26.0. The van der Waals surface area contributed by atoms with E-state index in [4.69, 9.17) is 28.2 Å². The number of carbonyl (C=O) groups is 1. The lowest BCUT2D eigenvalue weighted by molar-refractivity contribution is -0.0907. The zero-order valence-electron chi connectivity index (χ0n) is 27.5. The van der Waals surface area contributed by atoms with Crippen LogP contribution in [0, 0.1) is 11.8 Å². The molecule has 0 bridgehead atoms. The maximum Gasteiger partial charge on any atom is 0.407 e. The number of nitrogens with zero attached hydrogens (tertiary/aromatic N) is 1. The van der Waals surface area contributed by atoms with Gasteiger partial charge in [0.15, 0.2) is 12.6 Å². The van der Waals surface area contributed by atoms with Crippen molar-refractivity contribution in [1.82, 2.24) is 9.62 Å². The van der Waals surface area contributed by atoms with E-state index in [1.807, 2.05) is 6.92 Å². The van der Waals surface area contributed by atoms with Crippen molar-refractivity contribution in [3.05, 3.63) is 54.1 Å². The molecule has 0 radical (unpaired) electrons. The maximum atomic E-state index is 13.8. The molecule has 1 saturated carbocycles. The molecule has 0 spiro atoms. The lowest BCUT2D eigenvalue weighted by Crippen LogP contribution is -2.51. The number of nitrogens with one attached hydrogen (secondary N) is 1. The van der Waals surface area contributed by atoms with E-state index in [2.05, 4.69) is 5.32 Å². The summed E-state index contributed by atoms with van der Waals surface area (Å²) in [5, 5.41) is 14.4. The number of fused-ring (bicyclic) bond motifs is 1. The highest BCUT2D eigenvalue weighted by Crippen LogP contribution is 2.43. The molecule has 3 aliphatic rings. The molecule has 3 fully saturated rings. The van der Waals surface area contributed by atoms with Crippen molar-refractivity contribution >= 4 is 23.7 Å². The molecule has 266 valence electrons. The van der Waals surface area contributed by atoms with E-state index < -0.39 is 60.7 Å². The number of carbonyl (C=O) groups excluding carboxylic acids is 1. The van der Waals surface area contributed by atoms with Crippen molar-refractivity contribution < 1.29 is 56.0 Å². The quantitative estimate of drug-likeness (QED) is 0.216. The number of aliphatic hydroxyl groups is 1. The number of benzene rings is 2. The van der Waals surface area contributed by atoms with Gasteiger partial charge >= 0.3 is 13.7 Å². The Hall–Kier alpha value is -2.75. The van der Waals surface area contributed by atoms with Gasteiger partial charge in [0.25, 0.3) is 0 Å². The largest absolute Gasteiger partial charge is 0.497 e. The van der Waals surface area contributed by atoms with Crippen LogP contribution in [0.2, 0.25) is 0 Å². The third-order valence-electron chi connectivity index (χ3n) is 8.63. The van der Waals surface area contributed by atoms with E-state index in [-0.39, 0.29) is 42.3 Å². The fraction of sp³-hybridized carbons (Fsp3) is 0.594. The zero-order chi connectivity index (χ0) is 34.6. The molecular weight excluding hydrogens is 667 g/mol. The molecule has 14 nitrogen and oxygen atoms in total. The molecule has 2 aliphatic heterocycles. The molecule has 3 N–H and O–H groups in total. The van der Waals surface area contributed by atoms with Crippen LogP contribution in [0.3, 0.4) is 0 Å². The van der Waals surface area contributed by atoms with Crippen LogP contribution in [0.4, 0.5) is 4.79 Å². The number of aliphatic hydroxyl groups excluding tert-OH is 1. The fourth-order valence-corrected chi connectivity index (χ4v) is 8.74. The van der Waals surface area contributed by atoms with Crippen molar-refractivity contribution in [2.45, 2.75) is 81.6 Å². The summed E-state index contributed by atoms with van der Waals surface area (Å²) in [5.74, 6) is 0.836. The van der Waals surface area contributed by atoms with Crippen LogP contribution in [0.15, 0.2) is 53.4 Å². The van der Waals surface area contributed by atoms with Gasteiger partial charge in [-0.1, -0.05) is 19.1 Å². The minimum absolute atomic E-state index is 0.0647. The summed E-state index contributed by atoms with van der Waals surface area (Å²) in [6, 6.07) is 11.3. The molecular formula is C32H45N2O12PS. The smallest absolute Gasteiger partial charge is 0.407 e. The SMILES string of the molecule is COc1ccc(S(=O)(=O)N(C[C@@H](O)[C@H](Cc2ccc(OCP(=O)(O)OC(C)C)cc2)NC(=O)O[C@H]2CO[C@H]3OCC[C@H]32)C2CC2C)cc1. The average Bonchev–Trinajstić information content (AvgIpc) is 3.38. The van der Waals surface area contributed by atoms with Gasteiger partial charge in [-0.25, -0.2) is 13.2 Å². The van der Waals surface area contributed by atoms with Crippen molar-refractivity contribution in [3.63, 3.8) is 0 Å². The fourth-order valence-electron chi connectivity index (χ4n) is 5.96. The Kier molecular flexibility index (Phi) is 11.7. The van der Waals surface area contributed by atoms with Crippen LogP contribution in [-0.4, -0.2) is 98.7 Å². The number of rotatable bonds is 16. The predicted molar refractivity (Wildman–Crippen MR) is 173 cm³/mol. The summed E-state index contributed by atoms with van der Waals surface area (Å²) in [5.41, 5.74) is 0.676. The van der Waals surface area contributed by atoms with E-state index in [9.17, 15) is 27.8 Å². The standard InChI is InChI=1S/C32H45N2O12PS/c1-20(2)46-47(37,38)19-44-24-7-5-22(6-8-24)16-27(33-32(36)45-30-18-43-31-26(30)13-14-42-31)29(35)17-34(28-15-21(28)3)48(39,40)25-11-9-23(41-4)10-12-25/h5-12,20-21,26-31,35H,13-19H2,1-4H3,(H,33,36)(H,37,38)/t21?,26-,27-,28?,29+,30-,31+/m0/s1. The second-order valence-electron chi connectivity index (χ2n) is 12.7. The molecule has 1 amide bonds. The topological polar surface area (TPSA) is 179 Å². The van der Waals surface area contributed by atoms with Gasteiger partial charge in [0.05, 0.1) is 49.4 Å². The number of alkyl carbamates (subject to hydrolysis) is 1. The van der Waals surface area contributed by atoms with E-state index in [1.54, 1.807) is 50.2 Å². The van der Waals surface area contributed by atoms with E-state index >= 15 is 0 Å². The molecule has 3 unspecified atom stereocenters. The molecule has 16 heteroatoms. The minimum atomic E-state index is -4.01. The Labute approximate surface area is 281 Å². The Balaban J connectivity index is 1.32. The van der Waals surface area contributed by atoms with Crippen LogP contribution in [0.5, 0.6) is 11.5 Å². The van der Waals surface area contributed by atoms with Gasteiger partial charge < -0.3 is 43.5 Å². The van der Waals surface area contributed by atoms with Gasteiger partial charge in [-0.05, 0) is 81.0 Å². The number of amides is 1. The van der Waals surface area contributed by atoms with Crippen LogP contribution < -0.4 is 14.8 Å². The zero-order valence-corrected chi connectivity index (χ0v) is 29.2. The van der Waals surface area contributed by atoms with Crippen molar-refractivity contribution in [3.8, 4) is 11.5 Å². The summed E-state index contributed by atoms with van der Waals surface area (Å²) >= 11 is 0. The third-order valence-corrected chi connectivity index (χ3v) is 11.7. The summed E-state index contributed by atoms with van der Waals surface area (Å²) in [6.07, 6.45) is -2.58. The first-order chi connectivity index (χ1) is 22.8. The highest BCUT2D eigenvalue weighted by Gasteiger charge is 2.46. The first-order valence-corrected chi connectivity index (χ1v) is 19.2. The second kappa shape index (κ2) is 15.4. The van der Waals surface area contributed by atoms with Crippen molar-refractivity contribution in [2.75, 3.05) is 33.2 Å². The molecule has 5 rings (SSSR count). The molecule has 2 aromatic carbocycles. The molecule has 48 heavy (non-hydrogen) atoms. The number of hydrogen-bond acceptors (Lipinski definition) is 11. The number of ether oxygens (including phenoxy) is 5. The first kappa shape index (κ1) is 36.5. The summed E-state index contributed by atoms with van der Waals surface area (Å²) < 4.78 is 73.6. The summed E-state index contributed by atoms with van der Waals surface area (Å²) in [7, 11) is -6.47. The van der Waals surface area contributed by atoms with Crippen molar-refractivity contribution in [2.24, 2.45) is 11.8 Å². The van der Waals surface area contributed by atoms with Crippen molar-refractivity contribution in [1.29, 1.82) is 0 Å². The van der Waals surface area contributed by atoms with Gasteiger partial charge in [0.2, 0.25) is 10.0 Å². The Bertz CT molecular complexity index is 1540. The van der Waals surface area contributed by atoms with Gasteiger partial charge in [0, 0.05) is 12.6 Å². The molecule has 8 atom stereocenters. The van der Waals surface area contributed by atoms with E-state index in [0.29, 0.717) is 36.5 Å². The lowest BCUT2D eigenvalue weighted by Gasteiger charge is -2.30. The highest BCUT2D eigenvalue weighted by molar-refractivity contribution is 7.89. The highest BCUT2D eigenvalue weighted by atomic mass is 32.2. The maximum absolute atomic E-state index is 13.8. The number of methoxy groups -OCH3 is 1. The predicted octanol–water partition coefficient (Wildman–Crippen LogP) is 3.50. The summed E-state index contributed by atoms with van der Waals surface area (Å²) in [4.78, 5) is 23.2. The van der Waals surface area contributed by atoms with Crippen LogP contribution in [0.25, 0.3) is 0 Å². The first-order valence-electron chi connectivity index (χ1n) is 16.0. The van der Waals surface area contributed by atoms with Gasteiger partial charge in [-0.15, -0.1) is 0 Å². The van der Waals surface area contributed by atoms with E-state index in [1.165, 1.54) is 23.5 Å². The third kappa shape index (κ3) is 9.27. The number of hydrogen-bond donors (Lipinski definition) is 3. The van der Waals surface area contributed by atoms with Crippen LogP contribution >= 0.6 is 7.60 Å². The van der Waals surface area contributed by atoms with Gasteiger partial charge in [-0.3, -0.25) is 4.57 Å². The van der Waals surface area contributed by atoms with Gasteiger partial charge in [0.1, 0.15) is 17.6 Å². The van der Waals surface area contributed by atoms with E-state index in [0.717, 1.165) is 0 Å². The molecule has 2 saturated heterocycles. The lowest BCUT2D eigenvalue weighted by atomic mass is 10.0. The minimum Gasteiger partial charge on any atom is -0.497 e. The number of sulfonamides is 1. The average molecular weight is 713 g/mol. The Morgan fingerprint density at radius 2 is 1.77 bits per heavy atom. The second-order valence-corrected chi connectivity index (χ2v) is 16.4. The molecule has 2 aromatic rings. The Morgan fingerprint density at radius 1 is 1.10 bits per heavy atom.